The fourth-order valence-corrected chi connectivity index (χ4v) is 2.80. The molecule has 0 bridgehead atoms. The van der Waals surface area contributed by atoms with Crippen molar-refractivity contribution in [2.75, 3.05) is 12.4 Å². The normalized spacial score (nSPS) is 13.6. The van der Waals surface area contributed by atoms with Gasteiger partial charge in [0.1, 0.15) is 5.75 Å². The molecule has 2 amide bonds. The van der Waals surface area contributed by atoms with E-state index >= 15 is 0 Å². The van der Waals surface area contributed by atoms with Crippen LogP contribution in [0.4, 0.5) is 23.7 Å². The SMILES string of the molecule is COc1ccc(CNC(=O)Nc2c(Cl)cc([C@@](C)(O)C(F)(F)F)cc2Cl)cc1. The Bertz CT molecular complexity index is 833. The quantitative estimate of drug-likeness (QED) is 0.610. The summed E-state index contributed by atoms with van der Waals surface area (Å²) in [4.78, 5) is 12.1. The van der Waals surface area contributed by atoms with Crippen LogP contribution in [0.5, 0.6) is 5.75 Å². The number of nitrogens with one attached hydrogen (secondary N) is 2. The maximum Gasteiger partial charge on any atom is 0.421 e. The van der Waals surface area contributed by atoms with Crippen molar-refractivity contribution in [1.29, 1.82) is 0 Å². The molecule has 2 rings (SSSR count). The molecular formula is C18H17Cl2F3N2O3. The number of halogens is 5. The van der Waals surface area contributed by atoms with E-state index in [4.69, 9.17) is 27.9 Å². The minimum atomic E-state index is -4.93. The van der Waals surface area contributed by atoms with Gasteiger partial charge in [0.25, 0.3) is 0 Å². The number of amides is 2. The third-order valence-corrected chi connectivity index (χ3v) is 4.60. The smallest absolute Gasteiger partial charge is 0.421 e. The second kappa shape index (κ2) is 8.46. The van der Waals surface area contributed by atoms with Crippen molar-refractivity contribution in [3.8, 4) is 5.75 Å². The first kappa shape index (κ1) is 22.1. The maximum absolute atomic E-state index is 13.0. The molecule has 0 aliphatic heterocycles. The third kappa shape index (κ3) is 5.01. The standard InChI is InChI=1S/C18H17Cl2F3N2O3/c1-17(27,18(21,22)23)11-7-13(19)15(14(20)8-11)25-16(26)24-9-10-3-5-12(28-2)6-4-10/h3-8,27H,9H2,1-2H3,(H2,24,25,26)/t17-/m1/s1. The lowest BCUT2D eigenvalue weighted by atomic mass is 9.95. The Balaban J connectivity index is 2.10. The first-order valence-corrected chi connectivity index (χ1v) is 8.67. The van der Waals surface area contributed by atoms with E-state index in [0.29, 0.717) is 12.7 Å². The Labute approximate surface area is 169 Å². The summed E-state index contributed by atoms with van der Waals surface area (Å²) in [6.45, 7) is 0.773. The Hall–Kier alpha value is -2.16. The van der Waals surface area contributed by atoms with E-state index in [1.165, 1.54) is 7.11 Å². The highest BCUT2D eigenvalue weighted by Crippen LogP contribution is 2.42. The van der Waals surface area contributed by atoms with Crippen LogP contribution in [0.15, 0.2) is 36.4 Å². The molecule has 0 aliphatic rings. The number of carbonyl (C=O) groups excluding carboxylic acids is 1. The van der Waals surface area contributed by atoms with Crippen LogP contribution in [0.2, 0.25) is 10.0 Å². The zero-order valence-electron chi connectivity index (χ0n) is 14.8. The monoisotopic (exact) mass is 436 g/mol. The average molecular weight is 437 g/mol. The summed E-state index contributed by atoms with van der Waals surface area (Å²) in [5.74, 6) is 0.668. The lowest BCUT2D eigenvalue weighted by Gasteiger charge is -2.27. The molecule has 152 valence electrons. The fourth-order valence-electron chi connectivity index (χ4n) is 2.22. The highest BCUT2D eigenvalue weighted by atomic mass is 35.5. The fraction of sp³-hybridized carbons (Fsp3) is 0.278. The number of carbonyl (C=O) groups is 1. The topological polar surface area (TPSA) is 70.6 Å². The largest absolute Gasteiger partial charge is 0.497 e. The molecule has 2 aromatic rings. The Kier molecular flexibility index (Phi) is 6.69. The van der Waals surface area contributed by atoms with Crippen LogP contribution in [-0.2, 0) is 12.1 Å². The van der Waals surface area contributed by atoms with Crippen LogP contribution in [0.25, 0.3) is 0 Å². The van der Waals surface area contributed by atoms with E-state index in [-0.39, 0.29) is 22.3 Å². The predicted octanol–water partition coefficient (Wildman–Crippen LogP) is 5.09. The second-order valence-corrected chi connectivity index (χ2v) is 6.86. The number of alkyl halides is 3. The van der Waals surface area contributed by atoms with Crippen molar-refractivity contribution < 1.29 is 27.8 Å². The van der Waals surface area contributed by atoms with E-state index in [0.717, 1.165) is 17.7 Å². The number of urea groups is 1. The number of anilines is 1. The molecule has 0 saturated heterocycles. The van der Waals surface area contributed by atoms with Crippen molar-refractivity contribution in [2.45, 2.75) is 25.2 Å². The lowest BCUT2D eigenvalue weighted by molar-refractivity contribution is -0.258. The molecule has 0 aromatic heterocycles. The Morgan fingerprint density at radius 1 is 1.14 bits per heavy atom. The van der Waals surface area contributed by atoms with Crippen LogP contribution in [0, 0.1) is 0 Å². The molecule has 0 aliphatic carbocycles. The second-order valence-electron chi connectivity index (χ2n) is 6.04. The molecule has 28 heavy (non-hydrogen) atoms. The van der Waals surface area contributed by atoms with E-state index in [9.17, 15) is 23.1 Å². The summed E-state index contributed by atoms with van der Waals surface area (Å²) in [5, 5.41) is 14.2. The summed E-state index contributed by atoms with van der Waals surface area (Å²) in [6.07, 6.45) is -4.93. The van der Waals surface area contributed by atoms with Gasteiger partial charge >= 0.3 is 12.2 Å². The minimum Gasteiger partial charge on any atom is -0.497 e. The number of benzene rings is 2. The van der Waals surface area contributed by atoms with Crippen LogP contribution < -0.4 is 15.4 Å². The van der Waals surface area contributed by atoms with E-state index in [1.807, 2.05) is 0 Å². The van der Waals surface area contributed by atoms with Crippen molar-refractivity contribution in [3.63, 3.8) is 0 Å². The van der Waals surface area contributed by atoms with E-state index < -0.39 is 23.4 Å². The third-order valence-electron chi connectivity index (χ3n) is 4.01. The maximum atomic E-state index is 13.0. The van der Waals surface area contributed by atoms with Gasteiger partial charge in [0, 0.05) is 6.54 Å². The summed E-state index contributed by atoms with van der Waals surface area (Å²) < 4.78 is 44.0. The van der Waals surface area contributed by atoms with E-state index in [1.54, 1.807) is 24.3 Å². The van der Waals surface area contributed by atoms with Crippen molar-refractivity contribution in [3.05, 3.63) is 57.6 Å². The lowest BCUT2D eigenvalue weighted by Crippen LogP contribution is -2.39. The van der Waals surface area contributed by atoms with Gasteiger partial charge in [-0.2, -0.15) is 13.2 Å². The molecule has 2 aromatic carbocycles. The highest BCUT2D eigenvalue weighted by Gasteiger charge is 2.51. The number of aliphatic hydroxyl groups is 1. The minimum absolute atomic E-state index is 0.0720. The molecular weight excluding hydrogens is 420 g/mol. The van der Waals surface area contributed by atoms with Crippen LogP contribution in [-0.4, -0.2) is 24.4 Å². The Morgan fingerprint density at radius 2 is 1.68 bits per heavy atom. The van der Waals surface area contributed by atoms with E-state index in [2.05, 4.69) is 10.6 Å². The van der Waals surface area contributed by atoms with Gasteiger partial charge in [0.2, 0.25) is 0 Å². The molecule has 0 saturated carbocycles. The molecule has 0 radical (unpaired) electrons. The predicted molar refractivity (Wildman–Crippen MR) is 101 cm³/mol. The van der Waals surface area contributed by atoms with Gasteiger partial charge in [0.15, 0.2) is 5.60 Å². The van der Waals surface area contributed by atoms with Crippen molar-refractivity contribution >= 4 is 34.9 Å². The van der Waals surface area contributed by atoms with Crippen molar-refractivity contribution in [1.82, 2.24) is 5.32 Å². The highest BCUT2D eigenvalue weighted by molar-refractivity contribution is 6.39. The number of methoxy groups -OCH3 is 1. The first-order valence-electron chi connectivity index (χ1n) is 7.92. The van der Waals surface area contributed by atoms with Gasteiger partial charge in [0.05, 0.1) is 22.8 Å². The molecule has 0 unspecified atom stereocenters. The molecule has 0 heterocycles. The van der Waals surface area contributed by atoms with Crippen LogP contribution in [0.1, 0.15) is 18.1 Å². The Morgan fingerprint density at radius 3 is 2.14 bits per heavy atom. The van der Waals surface area contributed by atoms with Gasteiger partial charge in [-0.3, -0.25) is 0 Å². The molecule has 1 atom stereocenters. The zero-order valence-corrected chi connectivity index (χ0v) is 16.3. The van der Waals surface area contributed by atoms with Crippen molar-refractivity contribution in [2.24, 2.45) is 0 Å². The first-order chi connectivity index (χ1) is 13.0. The molecule has 0 fully saturated rings. The molecule has 0 spiro atoms. The zero-order chi connectivity index (χ0) is 21.1. The number of rotatable bonds is 5. The summed E-state index contributed by atoms with van der Waals surface area (Å²) in [7, 11) is 1.54. The number of hydrogen-bond acceptors (Lipinski definition) is 3. The van der Waals surface area contributed by atoms with Crippen LogP contribution in [0.3, 0.4) is 0 Å². The van der Waals surface area contributed by atoms with Gasteiger partial charge in [-0.15, -0.1) is 0 Å². The van der Waals surface area contributed by atoms with Gasteiger partial charge in [-0.1, -0.05) is 35.3 Å². The summed E-state index contributed by atoms with van der Waals surface area (Å²) in [6, 6.07) is 8.12. The summed E-state index contributed by atoms with van der Waals surface area (Å²) in [5.41, 5.74) is -2.96. The van der Waals surface area contributed by atoms with Gasteiger partial charge in [-0.25, -0.2) is 4.79 Å². The summed E-state index contributed by atoms with van der Waals surface area (Å²) >= 11 is 11.9. The van der Waals surface area contributed by atoms with Gasteiger partial charge < -0.3 is 20.5 Å². The number of hydrogen-bond donors (Lipinski definition) is 3. The number of ether oxygens (including phenoxy) is 1. The van der Waals surface area contributed by atoms with Gasteiger partial charge in [-0.05, 0) is 42.3 Å². The molecule has 3 N–H and O–H groups in total. The van der Waals surface area contributed by atoms with Crippen LogP contribution >= 0.6 is 23.2 Å². The average Bonchev–Trinajstić information content (AvgIpc) is 2.62. The molecule has 10 heteroatoms. The molecule has 5 nitrogen and oxygen atoms in total.